The third kappa shape index (κ3) is 3.99. The van der Waals surface area contributed by atoms with Gasteiger partial charge >= 0.3 is 0 Å². The molecule has 1 amide bonds. The standard InChI is InChI=1S/C22H22N4O3/c1-28-17-7-8-18(20(13-17)29-2)24-21(27)19-9-11-23-22(25-19)26-12-10-15-5-3-4-6-16(15)14-26/h3-9,11,13H,10,12,14H2,1-2H3,(H,24,27). The first-order chi connectivity index (χ1) is 14.2. The molecular formula is C22H22N4O3. The maximum atomic E-state index is 12.8. The number of aromatic nitrogens is 2. The summed E-state index contributed by atoms with van der Waals surface area (Å²) in [4.78, 5) is 23.7. The lowest BCUT2D eigenvalue weighted by Gasteiger charge is -2.28. The van der Waals surface area contributed by atoms with E-state index in [1.807, 2.05) is 6.07 Å². The van der Waals surface area contributed by atoms with Crippen molar-refractivity contribution in [2.75, 3.05) is 31.0 Å². The zero-order valence-corrected chi connectivity index (χ0v) is 16.4. The number of nitrogens with zero attached hydrogens (tertiary/aromatic N) is 3. The molecule has 1 aliphatic heterocycles. The molecule has 1 aromatic heterocycles. The van der Waals surface area contributed by atoms with Crippen LogP contribution in [0.15, 0.2) is 54.7 Å². The number of amides is 1. The van der Waals surface area contributed by atoms with E-state index in [9.17, 15) is 4.79 Å². The second kappa shape index (κ2) is 8.18. The number of fused-ring (bicyclic) bond motifs is 1. The van der Waals surface area contributed by atoms with Crippen molar-refractivity contribution in [2.45, 2.75) is 13.0 Å². The highest BCUT2D eigenvalue weighted by atomic mass is 16.5. The van der Waals surface area contributed by atoms with Gasteiger partial charge in [0.25, 0.3) is 5.91 Å². The third-order valence-electron chi connectivity index (χ3n) is 4.95. The van der Waals surface area contributed by atoms with Crippen molar-refractivity contribution in [3.05, 3.63) is 71.5 Å². The molecule has 0 saturated heterocycles. The van der Waals surface area contributed by atoms with Gasteiger partial charge in [0.15, 0.2) is 0 Å². The first-order valence-corrected chi connectivity index (χ1v) is 9.36. The molecule has 0 unspecified atom stereocenters. The molecule has 29 heavy (non-hydrogen) atoms. The van der Waals surface area contributed by atoms with Gasteiger partial charge in [-0.25, -0.2) is 9.97 Å². The summed E-state index contributed by atoms with van der Waals surface area (Å²) < 4.78 is 10.5. The highest BCUT2D eigenvalue weighted by Crippen LogP contribution is 2.29. The van der Waals surface area contributed by atoms with Gasteiger partial charge in [-0.1, -0.05) is 24.3 Å². The van der Waals surface area contributed by atoms with Gasteiger partial charge in [0, 0.05) is 25.4 Å². The molecule has 2 heterocycles. The highest BCUT2D eigenvalue weighted by Gasteiger charge is 2.20. The first-order valence-electron chi connectivity index (χ1n) is 9.36. The van der Waals surface area contributed by atoms with E-state index in [2.05, 4.69) is 38.4 Å². The zero-order chi connectivity index (χ0) is 20.2. The van der Waals surface area contributed by atoms with Crippen LogP contribution in [0.25, 0.3) is 0 Å². The topological polar surface area (TPSA) is 76.6 Å². The number of hydrogen-bond donors (Lipinski definition) is 1. The van der Waals surface area contributed by atoms with Crippen molar-refractivity contribution in [2.24, 2.45) is 0 Å². The molecule has 0 fully saturated rings. The van der Waals surface area contributed by atoms with Gasteiger partial charge in [-0.3, -0.25) is 4.79 Å². The molecule has 3 aromatic rings. The fraction of sp³-hybridized carbons (Fsp3) is 0.227. The molecule has 0 spiro atoms. The number of carbonyl (C=O) groups excluding carboxylic acids is 1. The van der Waals surface area contributed by atoms with Crippen molar-refractivity contribution >= 4 is 17.5 Å². The van der Waals surface area contributed by atoms with Crippen LogP contribution >= 0.6 is 0 Å². The summed E-state index contributed by atoms with van der Waals surface area (Å²) in [7, 11) is 3.12. The van der Waals surface area contributed by atoms with Gasteiger partial charge < -0.3 is 19.7 Å². The van der Waals surface area contributed by atoms with Crippen LogP contribution in [0.4, 0.5) is 11.6 Å². The summed E-state index contributed by atoms with van der Waals surface area (Å²) in [6, 6.07) is 15.2. The molecule has 1 N–H and O–H groups in total. The second-order valence-electron chi connectivity index (χ2n) is 6.70. The van der Waals surface area contributed by atoms with E-state index >= 15 is 0 Å². The van der Waals surface area contributed by atoms with E-state index in [1.165, 1.54) is 11.1 Å². The lowest BCUT2D eigenvalue weighted by Crippen LogP contribution is -2.32. The van der Waals surface area contributed by atoms with Crippen LogP contribution in [0.5, 0.6) is 11.5 Å². The lowest BCUT2D eigenvalue weighted by atomic mass is 10.0. The van der Waals surface area contributed by atoms with Gasteiger partial charge in [-0.05, 0) is 35.7 Å². The van der Waals surface area contributed by atoms with Crippen molar-refractivity contribution in [3.8, 4) is 11.5 Å². The average molecular weight is 390 g/mol. The van der Waals surface area contributed by atoms with Crippen molar-refractivity contribution in [1.82, 2.24) is 9.97 Å². The normalized spacial score (nSPS) is 12.8. The number of nitrogens with one attached hydrogen (secondary N) is 1. The van der Waals surface area contributed by atoms with Crippen molar-refractivity contribution in [3.63, 3.8) is 0 Å². The van der Waals surface area contributed by atoms with E-state index in [1.54, 1.807) is 44.7 Å². The number of methoxy groups -OCH3 is 2. The Morgan fingerprint density at radius 2 is 1.90 bits per heavy atom. The second-order valence-corrected chi connectivity index (χ2v) is 6.70. The minimum Gasteiger partial charge on any atom is -0.497 e. The average Bonchev–Trinajstić information content (AvgIpc) is 2.79. The SMILES string of the molecule is COc1ccc(NC(=O)c2ccnc(N3CCc4ccccc4C3)n2)c(OC)c1. The third-order valence-corrected chi connectivity index (χ3v) is 4.95. The van der Waals surface area contributed by atoms with Crippen LogP contribution in [0.3, 0.4) is 0 Å². The Balaban J connectivity index is 1.53. The van der Waals surface area contributed by atoms with Gasteiger partial charge in [-0.15, -0.1) is 0 Å². The molecule has 7 nitrogen and oxygen atoms in total. The predicted octanol–water partition coefficient (Wildman–Crippen LogP) is 3.31. The predicted molar refractivity (Wildman–Crippen MR) is 111 cm³/mol. The maximum absolute atomic E-state index is 12.8. The minimum atomic E-state index is -0.325. The number of anilines is 2. The van der Waals surface area contributed by atoms with Gasteiger partial charge in [0.05, 0.1) is 19.9 Å². The number of hydrogen-bond acceptors (Lipinski definition) is 6. The van der Waals surface area contributed by atoms with E-state index in [-0.39, 0.29) is 5.91 Å². The van der Waals surface area contributed by atoms with Crippen LogP contribution in [0, 0.1) is 0 Å². The monoisotopic (exact) mass is 390 g/mol. The summed E-state index contributed by atoms with van der Waals surface area (Å²) in [6.45, 7) is 1.54. The van der Waals surface area contributed by atoms with Crippen LogP contribution in [0.2, 0.25) is 0 Å². The quantitative estimate of drug-likeness (QED) is 0.720. The Morgan fingerprint density at radius 3 is 2.69 bits per heavy atom. The van der Waals surface area contributed by atoms with Gasteiger partial charge in [0.1, 0.15) is 17.2 Å². The number of carbonyl (C=O) groups is 1. The van der Waals surface area contributed by atoms with Crippen molar-refractivity contribution < 1.29 is 14.3 Å². The van der Waals surface area contributed by atoms with Crippen molar-refractivity contribution in [1.29, 1.82) is 0 Å². The first kappa shape index (κ1) is 18.7. The minimum absolute atomic E-state index is 0.298. The molecule has 0 aliphatic carbocycles. The Hall–Kier alpha value is -3.61. The summed E-state index contributed by atoms with van der Waals surface area (Å²) in [5.41, 5.74) is 3.46. The largest absolute Gasteiger partial charge is 0.497 e. The number of rotatable bonds is 5. The highest BCUT2D eigenvalue weighted by molar-refractivity contribution is 6.03. The molecule has 2 aromatic carbocycles. The number of ether oxygens (including phenoxy) is 2. The van der Waals surface area contributed by atoms with E-state index < -0.39 is 0 Å². The molecule has 4 rings (SSSR count). The molecule has 148 valence electrons. The van der Waals surface area contributed by atoms with Gasteiger partial charge in [0.2, 0.25) is 5.95 Å². The zero-order valence-electron chi connectivity index (χ0n) is 16.4. The molecular weight excluding hydrogens is 368 g/mol. The summed E-state index contributed by atoms with van der Waals surface area (Å²) in [6.07, 6.45) is 2.54. The Labute approximate surface area is 169 Å². The van der Waals surface area contributed by atoms with E-state index in [4.69, 9.17) is 9.47 Å². The molecule has 0 bridgehead atoms. The molecule has 7 heteroatoms. The van der Waals surface area contributed by atoms with Gasteiger partial charge in [-0.2, -0.15) is 0 Å². The lowest BCUT2D eigenvalue weighted by molar-refractivity contribution is 0.102. The Kier molecular flexibility index (Phi) is 5.29. The van der Waals surface area contributed by atoms with E-state index in [0.29, 0.717) is 28.8 Å². The van der Waals surface area contributed by atoms with Crippen LogP contribution < -0.4 is 19.7 Å². The molecule has 0 radical (unpaired) electrons. The molecule has 1 aliphatic rings. The Bertz CT molecular complexity index is 1040. The summed E-state index contributed by atoms with van der Waals surface area (Å²) in [5.74, 6) is 1.39. The maximum Gasteiger partial charge on any atom is 0.274 e. The Morgan fingerprint density at radius 1 is 1.07 bits per heavy atom. The smallest absolute Gasteiger partial charge is 0.274 e. The fourth-order valence-corrected chi connectivity index (χ4v) is 3.38. The summed E-state index contributed by atoms with van der Waals surface area (Å²) in [5, 5.41) is 2.85. The number of benzene rings is 2. The van der Waals surface area contributed by atoms with E-state index in [0.717, 1.165) is 19.5 Å². The van der Waals surface area contributed by atoms with Crippen LogP contribution in [0.1, 0.15) is 21.6 Å². The van der Waals surface area contributed by atoms with Crippen LogP contribution in [-0.2, 0) is 13.0 Å². The summed E-state index contributed by atoms with van der Waals surface area (Å²) >= 11 is 0. The van der Waals surface area contributed by atoms with Crippen LogP contribution in [-0.4, -0.2) is 36.6 Å². The fourth-order valence-electron chi connectivity index (χ4n) is 3.38. The molecule has 0 atom stereocenters. The molecule has 0 saturated carbocycles.